The predicted octanol–water partition coefficient (Wildman–Crippen LogP) is 2.28. The van der Waals surface area contributed by atoms with E-state index in [1.54, 1.807) is 0 Å². The molecule has 1 unspecified atom stereocenters. The average Bonchev–Trinajstić information content (AvgIpc) is 3.41. The molecule has 1 aromatic heterocycles. The molecule has 1 N–H and O–H groups in total. The van der Waals surface area contributed by atoms with E-state index < -0.39 is 0 Å². The molecule has 3 heterocycles. The van der Waals surface area contributed by atoms with Crippen LogP contribution in [0, 0.1) is 0 Å². The van der Waals surface area contributed by atoms with Gasteiger partial charge in [-0.05, 0) is 50.7 Å². The SMILES string of the molecule is O=C(NCCCc1nc2ccccc2n1CC(=O)N1CCCCC1)C1CCCO1. The van der Waals surface area contributed by atoms with Crippen molar-refractivity contribution < 1.29 is 14.3 Å². The summed E-state index contributed by atoms with van der Waals surface area (Å²) in [5.74, 6) is 1.06. The Balaban J connectivity index is 1.39. The number of piperidine rings is 1. The van der Waals surface area contributed by atoms with Crippen LogP contribution in [-0.4, -0.2) is 58.6 Å². The predicted molar refractivity (Wildman–Crippen MR) is 110 cm³/mol. The molecule has 2 aliphatic heterocycles. The number of carbonyl (C=O) groups is 2. The van der Waals surface area contributed by atoms with Gasteiger partial charge < -0.3 is 19.5 Å². The Bertz CT molecular complexity index is 851. The molecule has 156 valence electrons. The van der Waals surface area contributed by atoms with Crippen molar-refractivity contribution >= 4 is 22.8 Å². The number of amides is 2. The number of imidazole rings is 1. The number of nitrogens with one attached hydrogen (secondary N) is 1. The lowest BCUT2D eigenvalue weighted by atomic mass is 10.1. The van der Waals surface area contributed by atoms with Crippen molar-refractivity contribution in [3.63, 3.8) is 0 Å². The number of nitrogens with zero attached hydrogens (tertiary/aromatic N) is 3. The van der Waals surface area contributed by atoms with Gasteiger partial charge in [-0.25, -0.2) is 4.98 Å². The normalized spacial score (nSPS) is 19.6. The van der Waals surface area contributed by atoms with Gasteiger partial charge in [0.05, 0.1) is 11.0 Å². The van der Waals surface area contributed by atoms with E-state index in [2.05, 4.69) is 5.32 Å². The molecule has 0 radical (unpaired) electrons. The van der Waals surface area contributed by atoms with Gasteiger partial charge in [0.2, 0.25) is 11.8 Å². The number of benzene rings is 1. The van der Waals surface area contributed by atoms with E-state index in [1.165, 1.54) is 6.42 Å². The molecule has 0 saturated carbocycles. The van der Waals surface area contributed by atoms with Gasteiger partial charge in [0.15, 0.2) is 0 Å². The maximum absolute atomic E-state index is 12.8. The van der Waals surface area contributed by atoms with Crippen molar-refractivity contribution in [1.82, 2.24) is 19.8 Å². The van der Waals surface area contributed by atoms with Crippen LogP contribution in [0.4, 0.5) is 0 Å². The van der Waals surface area contributed by atoms with Crippen LogP contribution in [0.2, 0.25) is 0 Å². The van der Waals surface area contributed by atoms with Crippen molar-refractivity contribution in [2.24, 2.45) is 0 Å². The van der Waals surface area contributed by atoms with Crippen LogP contribution in [0.3, 0.4) is 0 Å². The molecule has 1 atom stereocenters. The van der Waals surface area contributed by atoms with Gasteiger partial charge in [-0.3, -0.25) is 9.59 Å². The highest BCUT2D eigenvalue weighted by atomic mass is 16.5. The first-order valence-electron chi connectivity index (χ1n) is 10.8. The first-order chi connectivity index (χ1) is 14.2. The van der Waals surface area contributed by atoms with Crippen LogP contribution in [0.1, 0.15) is 44.3 Å². The highest BCUT2D eigenvalue weighted by Gasteiger charge is 2.23. The maximum atomic E-state index is 12.8. The standard InChI is InChI=1S/C22H30N4O3/c27-21(25-13-4-1-5-14-25)16-26-18-9-3-2-8-17(18)24-20(26)11-6-12-23-22(28)19-10-7-15-29-19/h2-3,8-9,19H,1,4-7,10-16H2,(H,23,28). The van der Waals surface area contributed by atoms with E-state index in [1.807, 2.05) is 33.7 Å². The highest BCUT2D eigenvalue weighted by Crippen LogP contribution is 2.19. The fourth-order valence-electron chi connectivity index (χ4n) is 4.23. The Labute approximate surface area is 171 Å². The van der Waals surface area contributed by atoms with Gasteiger partial charge in [-0.1, -0.05) is 12.1 Å². The van der Waals surface area contributed by atoms with Crippen LogP contribution in [0.15, 0.2) is 24.3 Å². The molecule has 0 spiro atoms. The van der Waals surface area contributed by atoms with Crippen LogP contribution in [0.5, 0.6) is 0 Å². The second-order valence-corrected chi connectivity index (χ2v) is 7.94. The Morgan fingerprint density at radius 1 is 1.14 bits per heavy atom. The number of hydrogen-bond donors (Lipinski definition) is 1. The largest absolute Gasteiger partial charge is 0.368 e. The Morgan fingerprint density at radius 2 is 1.97 bits per heavy atom. The molecular weight excluding hydrogens is 368 g/mol. The van der Waals surface area contributed by atoms with Gasteiger partial charge in [0.25, 0.3) is 0 Å². The van der Waals surface area contributed by atoms with Crippen molar-refractivity contribution in [2.45, 2.75) is 57.6 Å². The maximum Gasteiger partial charge on any atom is 0.249 e. The molecule has 29 heavy (non-hydrogen) atoms. The summed E-state index contributed by atoms with van der Waals surface area (Å²) >= 11 is 0. The van der Waals surface area contributed by atoms with Crippen LogP contribution in [-0.2, 0) is 27.3 Å². The van der Waals surface area contributed by atoms with Crippen LogP contribution >= 0.6 is 0 Å². The van der Waals surface area contributed by atoms with Crippen LogP contribution in [0.25, 0.3) is 11.0 Å². The lowest BCUT2D eigenvalue weighted by Crippen LogP contribution is -2.38. The molecule has 2 aliphatic rings. The van der Waals surface area contributed by atoms with Gasteiger partial charge >= 0.3 is 0 Å². The monoisotopic (exact) mass is 398 g/mol. The summed E-state index contributed by atoms with van der Waals surface area (Å²) in [5.41, 5.74) is 1.91. The third kappa shape index (κ3) is 4.78. The summed E-state index contributed by atoms with van der Waals surface area (Å²) in [4.78, 5) is 31.6. The summed E-state index contributed by atoms with van der Waals surface area (Å²) in [6, 6.07) is 7.96. The molecule has 2 aromatic rings. The average molecular weight is 399 g/mol. The second kappa shape index (κ2) is 9.39. The summed E-state index contributed by atoms with van der Waals surface area (Å²) in [6.45, 7) is 3.30. The zero-order valence-electron chi connectivity index (χ0n) is 16.9. The molecular formula is C22H30N4O3. The van der Waals surface area contributed by atoms with E-state index in [0.717, 1.165) is 62.1 Å². The first-order valence-corrected chi connectivity index (χ1v) is 10.8. The van der Waals surface area contributed by atoms with Gasteiger partial charge in [-0.15, -0.1) is 0 Å². The number of ether oxygens (including phenoxy) is 1. The first kappa shape index (κ1) is 19.9. The minimum absolute atomic E-state index is 0.0173. The van der Waals surface area contributed by atoms with Crippen LogP contribution < -0.4 is 5.32 Å². The Kier molecular flexibility index (Phi) is 6.44. The number of para-hydroxylation sites is 2. The van der Waals surface area contributed by atoms with E-state index in [4.69, 9.17) is 9.72 Å². The molecule has 4 rings (SSSR count). The summed E-state index contributed by atoms with van der Waals surface area (Å²) in [7, 11) is 0. The van der Waals surface area contributed by atoms with E-state index in [9.17, 15) is 9.59 Å². The Morgan fingerprint density at radius 3 is 2.76 bits per heavy atom. The number of carbonyl (C=O) groups excluding carboxylic acids is 2. The lowest BCUT2D eigenvalue weighted by Gasteiger charge is -2.27. The summed E-state index contributed by atoms with van der Waals surface area (Å²) in [5, 5.41) is 2.96. The number of aryl methyl sites for hydroxylation is 1. The number of likely N-dealkylation sites (tertiary alicyclic amines) is 1. The zero-order valence-corrected chi connectivity index (χ0v) is 16.9. The molecule has 0 bridgehead atoms. The highest BCUT2D eigenvalue weighted by molar-refractivity contribution is 5.81. The lowest BCUT2D eigenvalue weighted by molar-refractivity contribution is -0.132. The van der Waals surface area contributed by atoms with Gasteiger partial charge in [0.1, 0.15) is 18.5 Å². The number of fused-ring (bicyclic) bond motifs is 1. The van der Waals surface area contributed by atoms with Crippen molar-refractivity contribution in [3.8, 4) is 0 Å². The van der Waals surface area contributed by atoms with E-state index in [0.29, 0.717) is 26.1 Å². The molecule has 1 aromatic carbocycles. The third-order valence-corrected chi connectivity index (χ3v) is 5.83. The third-order valence-electron chi connectivity index (χ3n) is 5.83. The van der Waals surface area contributed by atoms with E-state index >= 15 is 0 Å². The molecule has 0 aliphatic carbocycles. The minimum Gasteiger partial charge on any atom is -0.368 e. The fourth-order valence-corrected chi connectivity index (χ4v) is 4.23. The van der Waals surface area contributed by atoms with Crippen molar-refractivity contribution in [2.75, 3.05) is 26.2 Å². The fraction of sp³-hybridized carbons (Fsp3) is 0.591. The van der Waals surface area contributed by atoms with Gasteiger partial charge in [-0.2, -0.15) is 0 Å². The molecule has 2 fully saturated rings. The van der Waals surface area contributed by atoms with Crippen molar-refractivity contribution in [3.05, 3.63) is 30.1 Å². The quantitative estimate of drug-likeness (QED) is 0.726. The molecule has 2 amide bonds. The smallest absolute Gasteiger partial charge is 0.249 e. The second-order valence-electron chi connectivity index (χ2n) is 7.94. The molecule has 2 saturated heterocycles. The molecule has 7 heteroatoms. The summed E-state index contributed by atoms with van der Waals surface area (Å²) < 4.78 is 7.47. The zero-order chi connectivity index (χ0) is 20.1. The van der Waals surface area contributed by atoms with E-state index in [-0.39, 0.29) is 17.9 Å². The summed E-state index contributed by atoms with van der Waals surface area (Å²) in [6.07, 6.45) is 6.35. The van der Waals surface area contributed by atoms with Gasteiger partial charge in [0, 0.05) is 32.7 Å². The molecule has 7 nitrogen and oxygen atoms in total. The topological polar surface area (TPSA) is 76.5 Å². The Hall–Kier alpha value is -2.41. The minimum atomic E-state index is -0.290. The number of rotatable bonds is 7. The van der Waals surface area contributed by atoms with Crippen molar-refractivity contribution in [1.29, 1.82) is 0 Å². The number of hydrogen-bond acceptors (Lipinski definition) is 4. The number of aromatic nitrogens is 2.